The van der Waals surface area contributed by atoms with Crippen LogP contribution >= 0.6 is 23.2 Å². The third kappa shape index (κ3) is 6.63. The summed E-state index contributed by atoms with van der Waals surface area (Å²) in [6.07, 6.45) is -3.57. The van der Waals surface area contributed by atoms with Gasteiger partial charge in [-0.1, -0.05) is 30.1 Å². The lowest BCUT2D eigenvalue weighted by Crippen LogP contribution is -2.46. The number of hydrogen-bond donors (Lipinski definition) is 2. The molecule has 1 aromatic heterocycles. The number of carbonyl (C=O) groups excluding carboxylic acids is 1. The Bertz CT molecular complexity index is 1740. The van der Waals surface area contributed by atoms with Crippen molar-refractivity contribution in [3.8, 4) is 0 Å². The number of sulfone groups is 1. The summed E-state index contributed by atoms with van der Waals surface area (Å²) in [6.45, 7) is 2.75. The molecule has 41 heavy (non-hydrogen) atoms. The molecule has 1 fully saturated rings. The van der Waals surface area contributed by atoms with Crippen molar-refractivity contribution in [2.75, 3.05) is 18.8 Å². The van der Waals surface area contributed by atoms with Gasteiger partial charge in [-0.2, -0.15) is 13.2 Å². The van der Waals surface area contributed by atoms with Gasteiger partial charge in [0.25, 0.3) is 5.56 Å². The number of benzene rings is 2. The molecule has 4 rings (SSSR count). The minimum absolute atomic E-state index is 0.0314. The molecular weight excluding hydrogens is 608 g/mol. The van der Waals surface area contributed by atoms with Gasteiger partial charge in [0.15, 0.2) is 9.84 Å². The molecule has 0 spiro atoms. The highest BCUT2D eigenvalue weighted by Gasteiger charge is 2.37. The number of aromatic amines is 1. The third-order valence-electron chi connectivity index (χ3n) is 6.99. The molecule has 1 saturated heterocycles. The highest BCUT2D eigenvalue weighted by Crippen LogP contribution is 2.39. The first kappa shape index (κ1) is 31.1. The van der Waals surface area contributed by atoms with Crippen LogP contribution in [0.15, 0.2) is 38.8 Å². The van der Waals surface area contributed by atoms with Crippen LogP contribution in [0.4, 0.5) is 13.2 Å². The zero-order valence-electron chi connectivity index (χ0n) is 22.1. The first-order valence-electron chi connectivity index (χ1n) is 12.7. The van der Waals surface area contributed by atoms with Crippen LogP contribution in [0.25, 0.3) is 10.9 Å². The number of carbonyl (C=O) groups is 1. The highest BCUT2D eigenvalue weighted by atomic mass is 35.5. The minimum Gasteiger partial charge on any atom is -0.352 e. The molecule has 15 heteroatoms. The van der Waals surface area contributed by atoms with Gasteiger partial charge in [-0.15, -0.1) is 0 Å². The summed E-state index contributed by atoms with van der Waals surface area (Å²) in [5, 5.41) is 2.01. The number of fused-ring (bicyclic) bond motifs is 1. The van der Waals surface area contributed by atoms with E-state index in [1.807, 2.05) is 0 Å². The van der Waals surface area contributed by atoms with Gasteiger partial charge in [-0.25, -0.2) is 13.2 Å². The maximum atomic E-state index is 14.3. The van der Waals surface area contributed by atoms with Crippen molar-refractivity contribution < 1.29 is 26.4 Å². The van der Waals surface area contributed by atoms with Gasteiger partial charge in [0.05, 0.1) is 38.7 Å². The molecular formula is C26H27Cl2F3N4O5S. The molecule has 3 aromatic rings. The van der Waals surface area contributed by atoms with Crippen molar-refractivity contribution in [1.29, 1.82) is 0 Å². The highest BCUT2D eigenvalue weighted by molar-refractivity contribution is 7.91. The molecule has 1 aliphatic heterocycles. The normalized spacial score (nSPS) is 16.7. The summed E-state index contributed by atoms with van der Waals surface area (Å²) >= 11 is 12.5. The number of nitrogens with one attached hydrogen (secondary N) is 2. The van der Waals surface area contributed by atoms with Crippen LogP contribution in [0.1, 0.15) is 43.4 Å². The smallest absolute Gasteiger partial charge is 0.352 e. The van der Waals surface area contributed by atoms with E-state index < -0.39 is 49.8 Å². The van der Waals surface area contributed by atoms with E-state index in [0.717, 1.165) is 0 Å². The Balaban J connectivity index is 1.84. The van der Waals surface area contributed by atoms with Crippen LogP contribution in [-0.4, -0.2) is 53.7 Å². The predicted molar refractivity (Wildman–Crippen MR) is 149 cm³/mol. The van der Waals surface area contributed by atoms with Crippen molar-refractivity contribution in [1.82, 2.24) is 19.8 Å². The third-order valence-corrected chi connectivity index (χ3v) is 9.47. The molecule has 0 radical (unpaired) electrons. The molecule has 0 bridgehead atoms. The summed E-state index contributed by atoms with van der Waals surface area (Å²) < 4.78 is 68.7. The number of piperidine rings is 1. The zero-order chi connectivity index (χ0) is 30.3. The maximum Gasteiger partial charge on any atom is 0.416 e. The molecule has 1 aliphatic rings. The summed E-state index contributed by atoms with van der Waals surface area (Å²) in [7, 11) is -3.78. The maximum absolute atomic E-state index is 14.3. The fourth-order valence-corrected chi connectivity index (χ4v) is 6.69. The standard InChI is InChI=1S/C26H27Cl2F3N4O5S/c1-3-41(39,40)21-7-6-16(27)9-15(21)11-35-24(37)18-10-20(26(29,30)31)19(22(28)23(18)33-25(35)38)13-34-8-4-5-17(12-34)32-14(2)36/h6-7,9-10,17H,3-5,8,11-13H2,1-2H3,(H,32,36)(H,33,38). The van der Waals surface area contributed by atoms with Crippen molar-refractivity contribution in [2.24, 2.45) is 0 Å². The Hall–Kier alpha value is -2.87. The molecule has 1 unspecified atom stereocenters. The average Bonchev–Trinajstić information content (AvgIpc) is 2.87. The molecule has 2 heterocycles. The molecule has 0 aliphatic carbocycles. The quantitative estimate of drug-likeness (QED) is 0.406. The van der Waals surface area contributed by atoms with E-state index >= 15 is 0 Å². The van der Waals surface area contributed by atoms with Crippen LogP contribution in [0.3, 0.4) is 0 Å². The fourth-order valence-electron chi connectivity index (χ4n) is 5.07. The first-order chi connectivity index (χ1) is 19.1. The summed E-state index contributed by atoms with van der Waals surface area (Å²) in [4.78, 5) is 41.9. The predicted octanol–water partition coefficient (Wildman–Crippen LogP) is 3.96. The molecule has 222 valence electrons. The zero-order valence-corrected chi connectivity index (χ0v) is 24.4. The Kier molecular flexibility index (Phi) is 8.93. The second-order valence-electron chi connectivity index (χ2n) is 9.89. The van der Waals surface area contributed by atoms with E-state index in [4.69, 9.17) is 23.2 Å². The second kappa shape index (κ2) is 11.8. The Morgan fingerprint density at radius 2 is 1.88 bits per heavy atom. The van der Waals surface area contributed by atoms with Crippen molar-refractivity contribution >= 4 is 49.8 Å². The summed E-state index contributed by atoms with van der Waals surface area (Å²) in [6, 6.07) is 4.29. The first-order valence-corrected chi connectivity index (χ1v) is 15.1. The van der Waals surface area contributed by atoms with Gasteiger partial charge in [0.2, 0.25) is 5.91 Å². The molecule has 9 nitrogen and oxygen atoms in total. The number of amides is 1. The summed E-state index contributed by atoms with van der Waals surface area (Å²) in [5.74, 6) is -0.511. The number of halogens is 5. The van der Waals surface area contributed by atoms with Crippen molar-refractivity contribution in [3.05, 3.63) is 71.8 Å². The topological polar surface area (TPSA) is 121 Å². The number of rotatable bonds is 7. The number of H-pyrrole nitrogens is 1. The molecule has 0 saturated carbocycles. The lowest BCUT2D eigenvalue weighted by Gasteiger charge is -2.33. The number of hydrogen-bond acceptors (Lipinski definition) is 6. The minimum atomic E-state index is -4.89. The van der Waals surface area contributed by atoms with E-state index in [9.17, 15) is 36.0 Å². The van der Waals surface area contributed by atoms with Gasteiger partial charge in [-0.3, -0.25) is 19.1 Å². The van der Waals surface area contributed by atoms with E-state index in [1.165, 1.54) is 32.0 Å². The van der Waals surface area contributed by atoms with E-state index in [-0.39, 0.29) is 50.8 Å². The number of alkyl halides is 3. The van der Waals surface area contributed by atoms with Crippen LogP contribution < -0.4 is 16.6 Å². The van der Waals surface area contributed by atoms with Crippen molar-refractivity contribution in [3.63, 3.8) is 0 Å². The van der Waals surface area contributed by atoms with Gasteiger partial charge >= 0.3 is 11.9 Å². The average molecular weight is 635 g/mol. The Labute approximate surface area is 243 Å². The molecule has 1 atom stereocenters. The van der Waals surface area contributed by atoms with Crippen LogP contribution in [0, 0.1) is 0 Å². The van der Waals surface area contributed by atoms with E-state index in [2.05, 4.69) is 10.3 Å². The van der Waals surface area contributed by atoms with Crippen molar-refractivity contribution in [2.45, 2.75) is 56.9 Å². The number of aromatic nitrogens is 2. The number of nitrogens with zero attached hydrogens (tertiary/aromatic N) is 2. The lowest BCUT2D eigenvalue weighted by atomic mass is 10.0. The lowest BCUT2D eigenvalue weighted by molar-refractivity contribution is -0.138. The second-order valence-corrected chi connectivity index (χ2v) is 12.9. The van der Waals surface area contributed by atoms with Crippen LogP contribution in [-0.2, 0) is 33.9 Å². The monoisotopic (exact) mass is 634 g/mol. The number of likely N-dealkylation sites (tertiary alicyclic amines) is 1. The Morgan fingerprint density at radius 1 is 1.17 bits per heavy atom. The van der Waals surface area contributed by atoms with Gasteiger partial charge in [0, 0.05) is 31.1 Å². The Morgan fingerprint density at radius 3 is 2.51 bits per heavy atom. The van der Waals surface area contributed by atoms with E-state index in [1.54, 1.807) is 4.90 Å². The summed E-state index contributed by atoms with van der Waals surface area (Å²) in [5.41, 5.74) is -3.74. The van der Waals surface area contributed by atoms with Gasteiger partial charge in [-0.05, 0) is 54.8 Å². The largest absolute Gasteiger partial charge is 0.416 e. The van der Waals surface area contributed by atoms with Gasteiger partial charge < -0.3 is 10.3 Å². The fraction of sp³-hybridized carbons (Fsp3) is 0.423. The van der Waals surface area contributed by atoms with Crippen LogP contribution in [0.2, 0.25) is 10.0 Å². The molecule has 2 N–H and O–H groups in total. The molecule has 2 aromatic carbocycles. The van der Waals surface area contributed by atoms with Crippen LogP contribution in [0.5, 0.6) is 0 Å². The van der Waals surface area contributed by atoms with Gasteiger partial charge in [0.1, 0.15) is 0 Å². The van der Waals surface area contributed by atoms with E-state index in [0.29, 0.717) is 36.6 Å². The molecule has 1 amide bonds. The SMILES string of the molecule is CCS(=O)(=O)c1ccc(Cl)cc1Cn1c(=O)[nH]c2c(Cl)c(CN3CCCC(NC(C)=O)C3)c(C(F)(F)F)cc2c1=O.